The molecule has 1 atom stereocenters. The number of aliphatic hydroxyl groups excluding tert-OH is 1. The first kappa shape index (κ1) is 14.7. The summed E-state index contributed by atoms with van der Waals surface area (Å²) in [5.41, 5.74) is -0.192. The minimum atomic E-state index is -0.594. The van der Waals surface area contributed by atoms with Crippen LogP contribution in [0.25, 0.3) is 0 Å². The summed E-state index contributed by atoms with van der Waals surface area (Å²) in [6.07, 6.45) is 0.0584. The number of carbonyl (C=O) groups is 1. The number of amides is 1. The molecule has 1 aromatic carbocycles. The number of methoxy groups -OCH3 is 2. The minimum Gasteiger partial charge on any atom is -0.496 e. The van der Waals surface area contributed by atoms with Crippen LogP contribution in [0.4, 0.5) is 0 Å². The van der Waals surface area contributed by atoms with Crippen molar-refractivity contribution in [2.75, 3.05) is 20.8 Å². The lowest BCUT2D eigenvalue weighted by atomic mass is 9.98. The van der Waals surface area contributed by atoms with Gasteiger partial charge in [0.25, 0.3) is 5.91 Å². The predicted octanol–water partition coefficient (Wildman–Crippen LogP) is 1.69. The molecule has 0 saturated carbocycles. The van der Waals surface area contributed by atoms with Gasteiger partial charge in [0.2, 0.25) is 0 Å². The van der Waals surface area contributed by atoms with Gasteiger partial charge in [-0.1, -0.05) is 6.07 Å². The third-order valence-electron chi connectivity index (χ3n) is 4.02. The molecule has 0 radical (unpaired) electrons. The number of hydrogen-bond acceptors (Lipinski definition) is 4. The number of nitrogens with zero attached hydrogens (tertiary/aromatic N) is 1. The number of ether oxygens (including phenoxy) is 2. The zero-order valence-electron chi connectivity index (χ0n) is 12.3. The van der Waals surface area contributed by atoms with E-state index in [9.17, 15) is 9.90 Å². The van der Waals surface area contributed by atoms with E-state index in [2.05, 4.69) is 0 Å². The van der Waals surface area contributed by atoms with Crippen molar-refractivity contribution in [1.82, 2.24) is 4.90 Å². The van der Waals surface area contributed by atoms with Crippen LogP contribution in [0, 0.1) is 0 Å². The molecule has 1 amide bonds. The van der Waals surface area contributed by atoms with Crippen molar-refractivity contribution < 1.29 is 19.4 Å². The van der Waals surface area contributed by atoms with Gasteiger partial charge in [0.15, 0.2) is 0 Å². The molecule has 1 saturated heterocycles. The van der Waals surface area contributed by atoms with Crippen molar-refractivity contribution >= 4 is 5.91 Å². The molecule has 20 heavy (non-hydrogen) atoms. The Balaban J connectivity index is 2.44. The van der Waals surface area contributed by atoms with E-state index in [-0.39, 0.29) is 5.91 Å². The standard InChI is InChI=1S/C15H21NO4/c1-15(2)12(17)8-9-16(15)14(18)13-10(19-3)6-5-7-11(13)20-4/h5-7,12,17H,8-9H2,1-4H3. The topological polar surface area (TPSA) is 59.0 Å². The Morgan fingerprint density at radius 2 is 1.85 bits per heavy atom. The maximum Gasteiger partial charge on any atom is 0.261 e. The fraction of sp³-hybridized carbons (Fsp3) is 0.533. The van der Waals surface area contributed by atoms with Gasteiger partial charge >= 0.3 is 0 Å². The lowest BCUT2D eigenvalue weighted by Crippen LogP contribution is -2.48. The second kappa shape index (κ2) is 5.32. The van der Waals surface area contributed by atoms with Crippen molar-refractivity contribution in [3.8, 4) is 11.5 Å². The molecule has 1 fully saturated rings. The number of rotatable bonds is 3. The second-order valence-corrected chi connectivity index (χ2v) is 5.45. The van der Waals surface area contributed by atoms with E-state index in [0.29, 0.717) is 30.0 Å². The Hall–Kier alpha value is -1.75. The van der Waals surface area contributed by atoms with Crippen LogP contribution in [0.15, 0.2) is 18.2 Å². The minimum absolute atomic E-state index is 0.180. The zero-order valence-corrected chi connectivity index (χ0v) is 12.3. The lowest BCUT2D eigenvalue weighted by Gasteiger charge is -2.34. The Morgan fingerprint density at radius 3 is 2.25 bits per heavy atom. The van der Waals surface area contributed by atoms with E-state index >= 15 is 0 Å². The number of hydrogen-bond donors (Lipinski definition) is 1. The van der Waals surface area contributed by atoms with Gasteiger partial charge in [-0.25, -0.2) is 0 Å². The van der Waals surface area contributed by atoms with Crippen molar-refractivity contribution in [3.63, 3.8) is 0 Å². The highest BCUT2D eigenvalue weighted by molar-refractivity contribution is 6.00. The van der Waals surface area contributed by atoms with Crippen LogP contribution in [-0.4, -0.2) is 48.3 Å². The number of carbonyl (C=O) groups excluding carboxylic acids is 1. The zero-order chi connectivity index (χ0) is 14.9. The molecular weight excluding hydrogens is 258 g/mol. The smallest absolute Gasteiger partial charge is 0.261 e. The summed E-state index contributed by atoms with van der Waals surface area (Å²) in [5, 5.41) is 10.0. The molecule has 1 N–H and O–H groups in total. The lowest BCUT2D eigenvalue weighted by molar-refractivity contribution is 0.0389. The van der Waals surface area contributed by atoms with Gasteiger partial charge in [-0.15, -0.1) is 0 Å². The van der Waals surface area contributed by atoms with Crippen molar-refractivity contribution in [2.24, 2.45) is 0 Å². The Kier molecular flexibility index (Phi) is 3.90. The molecule has 0 bridgehead atoms. The number of likely N-dealkylation sites (tertiary alicyclic amines) is 1. The molecule has 1 aliphatic heterocycles. The summed E-state index contributed by atoms with van der Waals surface area (Å²) < 4.78 is 10.5. The molecule has 2 rings (SSSR count). The fourth-order valence-corrected chi connectivity index (χ4v) is 2.63. The summed E-state index contributed by atoms with van der Waals surface area (Å²) in [6.45, 7) is 4.25. The van der Waals surface area contributed by atoms with Crippen molar-refractivity contribution in [2.45, 2.75) is 31.9 Å². The third kappa shape index (κ3) is 2.22. The van der Waals surface area contributed by atoms with Crippen LogP contribution in [0.2, 0.25) is 0 Å². The molecule has 1 heterocycles. The van der Waals surface area contributed by atoms with Crippen LogP contribution in [0.3, 0.4) is 0 Å². The van der Waals surface area contributed by atoms with Gasteiger partial charge in [-0.3, -0.25) is 4.79 Å². The average molecular weight is 279 g/mol. The molecule has 1 aliphatic rings. The Bertz CT molecular complexity index is 490. The SMILES string of the molecule is COc1cccc(OC)c1C(=O)N1CCC(O)C1(C)C. The largest absolute Gasteiger partial charge is 0.496 e. The fourth-order valence-electron chi connectivity index (χ4n) is 2.63. The predicted molar refractivity (Wildman–Crippen MR) is 75.3 cm³/mol. The summed E-state index contributed by atoms with van der Waals surface area (Å²) in [6, 6.07) is 5.24. The maximum absolute atomic E-state index is 12.8. The normalized spacial score (nSPS) is 20.9. The van der Waals surface area contributed by atoms with Gasteiger partial charge in [-0.2, -0.15) is 0 Å². The average Bonchev–Trinajstić information content (AvgIpc) is 2.71. The number of aliphatic hydroxyl groups is 1. The molecule has 1 unspecified atom stereocenters. The highest BCUT2D eigenvalue weighted by Gasteiger charge is 2.44. The Morgan fingerprint density at radius 1 is 1.30 bits per heavy atom. The van der Waals surface area contributed by atoms with Crippen LogP contribution in [-0.2, 0) is 0 Å². The summed E-state index contributed by atoms with van der Waals surface area (Å²) in [4.78, 5) is 14.5. The first-order valence-corrected chi connectivity index (χ1v) is 6.64. The summed E-state index contributed by atoms with van der Waals surface area (Å²) in [5.74, 6) is 0.777. The highest BCUT2D eigenvalue weighted by atomic mass is 16.5. The second-order valence-electron chi connectivity index (χ2n) is 5.45. The summed E-state index contributed by atoms with van der Waals surface area (Å²) >= 11 is 0. The molecule has 0 spiro atoms. The third-order valence-corrected chi connectivity index (χ3v) is 4.02. The van der Waals surface area contributed by atoms with Crippen LogP contribution >= 0.6 is 0 Å². The molecule has 0 aliphatic carbocycles. The monoisotopic (exact) mass is 279 g/mol. The molecule has 0 aromatic heterocycles. The quantitative estimate of drug-likeness (QED) is 0.914. The van der Waals surface area contributed by atoms with Crippen molar-refractivity contribution in [3.05, 3.63) is 23.8 Å². The molecular formula is C15H21NO4. The molecule has 5 nitrogen and oxygen atoms in total. The van der Waals surface area contributed by atoms with Gasteiger partial charge in [0, 0.05) is 6.54 Å². The van der Waals surface area contributed by atoms with E-state index in [4.69, 9.17) is 9.47 Å². The maximum atomic E-state index is 12.8. The highest BCUT2D eigenvalue weighted by Crippen LogP contribution is 2.35. The van der Waals surface area contributed by atoms with E-state index in [1.54, 1.807) is 23.1 Å². The van der Waals surface area contributed by atoms with E-state index in [1.165, 1.54) is 14.2 Å². The van der Waals surface area contributed by atoms with Gasteiger partial charge in [0.1, 0.15) is 17.1 Å². The van der Waals surface area contributed by atoms with Crippen molar-refractivity contribution in [1.29, 1.82) is 0 Å². The number of benzene rings is 1. The molecule has 5 heteroatoms. The van der Waals surface area contributed by atoms with E-state index in [1.807, 2.05) is 13.8 Å². The Labute approximate surface area is 119 Å². The van der Waals surface area contributed by atoms with Crippen LogP contribution in [0.5, 0.6) is 11.5 Å². The van der Waals surface area contributed by atoms with Crippen LogP contribution in [0.1, 0.15) is 30.6 Å². The van der Waals surface area contributed by atoms with E-state index < -0.39 is 11.6 Å². The molecule has 110 valence electrons. The van der Waals surface area contributed by atoms with Gasteiger partial charge < -0.3 is 19.5 Å². The first-order valence-electron chi connectivity index (χ1n) is 6.64. The van der Waals surface area contributed by atoms with E-state index in [0.717, 1.165) is 0 Å². The van der Waals surface area contributed by atoms with Gasteiger partial charge in [0.05, 0.1) is 25.9 Å². The molecule has 1 aromatic rings. The first-order chi connectivity index (χ1) is 9.43. The van der Waals surface area contributed by atoms with Gasteiger partial charge in [-0.05, 0) is 32.4 Å². The van der Waals surface area contributed by atoms with Crippen LogP contribution < -0.4 is 9.47 Å². The summed E-state index contributed by atoms with van der Waals surface area (Å²) in [7, 11) is 3.05.